The summed E-state index contributed by atoms with van der Waals surface area (Å²) >= 11 is 12.4. The van der Waals surface area contributed by atoms with E-state index in [4.69, 9.17) is 33.8 Å². The summed E-state index contributed by atoms with van der Waals surface area (Å²) in [5.74, 6) is 6.25. The second kappa shape index (κ2) is 5.82. The van der Waals surface area contributed by atoms with Gasteiger partial charge in [-0.05, 0) is 61.8 Å². The van der Waals surface area contributed by atoms with E-state index in [2.05, 4.69) is 5.43 Å². The number of rotatable bonds is 3. The van der Waals surface area contributed by atoms with Crippen molar-refractivity contribution in [2.45, 2.75) is 43.7 Å². The molecule has 2 unspecified atom stereocenters. The van der Waals surface area contributed by atoms with Crippen molar-refractivity contribution in [2.75, 3.05) is 6.61 Å². The third kappa shape index (κ3) is 2.70. The van der Waals surface area contributed by atoms with Crippen LogP contribution >= 0.6 is 23.2 Å². The molecular formula is C15H20Cl2N2O. The van der Waals surface area contributed by atoms with Crippen LogP contribution in [0.2, 0.25) is 10.0 Å². The third-order valence-electron chi connectivity index (χ3n) is 4.74. The Labute approximate surface area is 129 Å². The highest BCUT2D eigenvalue weighted by atomic mass is 35.5. The van der Waals surface area contributed by atoms with Crippen LogP contribution in [0.15, 0.2) is 18.2 Å². The van der Waals surface area contributed by atoms with Gasteiger partial charge in [-0.2, -0.15) is 0 Å². The molecule has 1 aromatic carbocycles. The monoisotopic (exact) mass is 314 g/mol. The van der Waals surface area contributed by atoms with Gasteiger partial charge in [0.05, 0.1) is 11.6 Å². The predicted octanol–water partition coefficient (Wildman–Crippen LogP) is 3.85. The standard InChI is InChI=1S/C15H20Cl2N2O/c16-11-2-3-13(17)12(8-11)14(19-18)10-4-7-20-15(9-10)5-1-6-15/h2-3,8,10,14,19H,1,4-7,9,18H2. The Kier molecular flexibility index (Phi) is 4.25. The van der Waals surface area contributed by atoms with Gasteiger partial charge in [0.1, 0.15) is 0 Å². The Balaban J connectivity index is 1.83. The van der Waals surface area contributed by atoms with E-state index in [1.807, 2.05) is 12.1 Å². The van der Waals surface area contributed by atoms with Crippen molar-refractivity contribution in [3.63, 3.8) is 0 Å². The summed E-state index contributed by atoms with van der Waals surface area (Å²) in [4.78, 5) is 0. The van der Waals surface area contributed by atoms with Gasteiger partial charge in [-0.15, -0.1) is 0 Å². The fraction of sp³-hybridized carbons (Fsp3) is 0.600. The van der Waals surface area contributed by atoms with E-state index in [0.717, 1.165) is 25.0 Å². The molecule has 1 aromatic rings. The van der Waals surface area contributed by atoms with Gasteiger partial charge in [-0.3, -0.25) is 11.3 Å². The number of halogens is 2. The number of hydrazine groups is 1. The summed E-state index contributed by atoms with van der Waals surface area (Å²) in [5, 5.41) is 1.40. The average Bonchev–Trinajstić information content (AvgIpc) is 2.42. The number of ether oxygens (including phenoxy) is 1. The highest BCUT2D eigenvalue weighted by molar-refractivity contribution is 6.33. The molecule has 1 aliphatic carbocycles. The van der Waals surface area contributed by atoms with Crippen molar-refractivity contribution in [1.82, 2.24) is 5.43 Å². The van der Waals surface area contributed by atoms with Crippen LogP contribution in [0, 0.1) is 5.92 Å². The first-order chi connectivity index (χ1) is 9.63. The molecule has 0 amide bonds. The lowest BCUT2D eigenvalue weighted by Crippen LogP contribution is -2.48. The molecular weight excluding hydrogens is 295 g/mol. The molecule has 3 N–H and O–H groups in total. The van der Waals surface area contributed by atoms with Crippen LogP contribution in [0.3, 0.4) is 0 Å². The van der Waals surface area contributed by atoms with Crippen LogP contribution in [0.5, 0.6) is 0 Å². The van der Waals surface area contributed by atoms with Gasteiger partial charge in [0.25, 0.3) is 0 Å². The van der Waals surface area contributed by atoms with Gasteiger partial charge >= 0.3 is 0 Å². The zero-order valence-corrected chi connectivity index (χ0v) is 12.9. The molecule has 1 aliphatic heterocycles. The molecule has 1 spiro atoms. The maximum Gasteiger partial charge on any atom is 0.0686 e. The predicted molar refractivity (Wildman–Crippen MR) is 81.8 cm³/mol. The molecule has 2 atom stereocenters. The van der Waals surface area contributed by atoms with Crippen molar-refractivity contribution in [1.29, 1.82) is 0 Å². The fourth-order valence-corrected chi connectivity index (χ4v) is 3.92. The summed E-state index contributed by atoms with van der Waals surface area (Å²) < 4.78 is 5.99. The average molecular weight is 315 g/mol. The molecule has 0 radical (unpaired) electrons. The van der Waals surface area contributed by atoms with Crippen molar-refractivity contribution in [3.05, 3.63) is 33.8 Å². The number of nitrogens with two attached hydrogens (primary N) is 1. The molecule has 1 saturated carbocycles. The van der Waals surface area contributed by atoms with Gasteiger partial charge in [0.2, 0.25) is 0 Å². The molecule has 0 aromatic heterocycles. The second-order valence-corrected chi connectivity index (χ2v) is 6.79. The summed E-state index contributed by atoms with van der Waals surface area (Å²) in [7, 11) is 0. The highest BCUT2D eigenvalue weighted by Crippen LogP contribution is 2.47. The number of hydrogen-bond donors (Lipinski definition) is 2. The molecule has 1 heterocycles. The molecule has 2 fully saturated rings. The first-order valence-electron chi connectivity index (χ1n) is 7.19. The lowest BCUT2D eigenvalue weighted by molar-refractivity contribution is -0.147. The molecule has 20 heavy (non-hydrogen) atoms. The van der Waals surface area contributed by atoms with E-state index in [0.29, 0.717) is 16.0 Å². The Bertz CT molecular complexity index is 491. The smallest absolute Gasteiger partial charge is 0.0686 e. The quantitative estimate of drug-likeness (QED) is 0.658. The lowest BCUT2D eigenvalue weighted by atomic mass is 9.70. The first kappa shape index (κ1) is 14.6. The van der Waals surface area contributed by atoms with E-state index in [9.17, 15) is 0 Å². The van der Waals surface area contributed by atoms with Crippen molar-refractivity contribution in [3.8, 4) is 0 Å². The fourth-order valence-electron chi connectivity index (χ4n) is 3.50. The Morgan fingerprint density at radius 2 is 2.15 bits per heavy atom. The minimum absolute atomic E-state index is 0.0302. The summed E-state index contributed by atoms with van der Waals surface area (Å²) in [6.07, 6.45) is 5.66. The van der Waals surface area contributed by atoms with E-state index in [1.54, 1.807) is 6.07 Å². The molecule has 5 heteroatoms. The number of hydrogen-bond acceptors (Lipinski definition) is 3. The minimum atomic E-state index is 0.0302. The topological polar surface area (TPSA) is 47.3 Å². The zero-order chi connectivity index (χ0) is 14.2. The van der Waals surface area contributed by atoms with Gasteiger partial charge < -0.3 is 4.74 Å². The van der Waals surface area contributed by atoms with Crippen LogP contribution < -0.4 is 11.3 Å². The molecule has 2 aliphatic rings. The maximum atomic E-state index is 6.32. The van der Waals surface area contributed by atoms with Crippen LogP contribution in [-0.2, 0) is 4.74 Å². The van der Waals surface area contributed by atoms with Gasteiger partial charge in [0.15, 0.2) is 0 Å². The van der Waals surface area contributed by atoms with Crippen molar-refractivity contribution in [2.24, 2.45) is 11.8 Å². The van der Waals surface area contributed by atoms with Crippen molar-refractivity contribution < 1.29 is 4.74 Å². The van der Waals surface area contributed by atoms with Gasteiger partial charge in [0, 0.05) is 16.7 Å². The Morgan fingerprint density at radius 1 is 1.35 bits per heavy atom. The Morgan fingerprint density at radius 3 is 2.80 bits per heavy atom. The highest BCUT2D eigenvalue weighted by Gasteiger charge is 2.44. The second-order valence-electron chi connectivity index (χ2n) is 5.95. The zero-order valence-electron chi connectivity index (χ0n) is 11.4. The first-order valence-corrected chi connectivity index (χ1v) is 7.94. The minimum Gasteiger partial charge on any atom is -0.375 e. The van der Waals surface area contributed by atoms with E-state index in [-0.39, 0.29) is 11.6 Å². The summed E-state index contributed by atoms with van der Waals surface area (Å²) in [5.41, 5.74) is 4.03. The van der Waals surface area contributed by atoms with E-state index >= 15 is 0 Å². The summed E-state index contributed by atoms with van der Waals surface area (Å²) in [6.45, 7) is 0.807. The van der Waals surface area contributed by atoms with E-state index < -0.39 is 0 Å². The number of benzene rings is 1. The SMILES string of the molecule is NNC(c1cc(Cl)ccc1Cl)C1CCOC2(CCC2)C1. The molecule has 110 valence electrons. The lowest BCUT2D eigenvalue weighted by Gasteiger charge is -2.48. The van der Waals surface area contributed by atoms with E-state index in [1.165, 1.54) is 19.3 Å². The molecule has 1 saturated heterocycles. The van der Waals surface area contributed by atoms with Crippen LogP contribution in [0.1, 0.15) is 43.7 Å². The third-order valence-corrected chi connectivity index (χ3v) is 5.32. The molecule has 3 rings (SSSR count). The molecule has 3 nitrogen and oxygen atoms in total. The van der Waals surface area contributed by atoms with Crippen LogP contribution in [-0.4, -0.2) is 12.2 Å². The summed E-state index contributed by atoms with van der Waals surface area (Å²) in [6, 6.07) is 5.58. The maximum absolute atomic E-state index is 6.32. The normalized spacial score (nSPS) is 26.2. The molecule has 0 bridgehead atoms. The van der Waals surface area contributed by atoms with Crippen LogP contribution in [0.25, 0.3) is 0 Å². The van der Waals surface area contributed by atoms with Crippen molar-refractivity contribution >= 4 is 23.2 Å². The van der Waals surface area contributed by atoms with Gasteiger partial charge in [-0.1, -0.05) is 23.2 Å². The van der Waals surface area contributed by atoms with Gasteiger partial charge in [-0.25, -0.2) is 0 Å². The Hall–Kier alpha value is -0.320. The number of nitrogens with one attached hydrogen (secondary N) is 1. The largest absolute Gasteiger partial charge is 0.375 e. The van der Waals surface area contributed by atoms with Crippen LogP contribution in [0.4, 0.5) is 0 Å².